The van der Waals surface area contributed by atoms with Gasteiger partial charge in [-0.1, -0.05) is 12.8 Å². The van der Waals surface area contributed by atoms with Gasteiger partial charge < -0.3 is 9.64 Å². The van der Waals surface area contributed by atoms with Crippen molar-refractivity contribution >= 4 is 5.84 Å². The molecule has 0 aromatic rings. The molecule has 0 aliphatic carbocycles. The van der Waals surface area contributed by atoms with Crippen LogP contribution in [0.5, 0.6) is 0 Å². The minimum atomic E-state index is -0.972. The predicted octanol–water partition coefficient (Wildman–Crippen LogP) is 3.19. The van der Waals surface area contributed by atoms with E-state index in [1.807, 2.05) is 21.0 Å². The lowest BCUT2D eigenvalue weighted by atomic mass is 9.87. The maximum Gasteiger partial charge on any atom is 0.249 e. The molecule has 0 aromatic heterocycles. The van der Waals surface area contributed by atoms with Crippen molar-refractivity contribution < 1.29 is 9.13 Å². The summed E-state index contributed by atoms with van der Waals surface area (Å²) in [5.41, 5.74) is -0.972. The standard InChI is InChI=1S/C14H23FN2O/c1-8-14(5,9-2)12(15)13(18-10-3)16-11(4)17(6)7/h1H,9-10H2,2-7H3/b13-12-,16-11+. The maximum atomic E-state index is 14.4. The predicted molar refractivity (Wildman–Crippen MR) is 73.8 cm³/mol. The Kier molecular flexibility index (Phi) is 6.46. The summed E-state index contributed by atoms with van der Waals surface area (Å²) in [7, 11) is 3.67. The third kappa shape index (κ3) is 4.06. The quantitative estimate of drug-likeness (QED) is 0.326. The van der Waals surface area contributed by atoms with Gasteiger partial charge in [0.2, 0.25) is 5.88 Å². The molecule has 0 rings (SSSR count). The molecule has 0 fully saturated rings. The average molecular weight is 254 g/mol. The van der Waals surface area contributed by atoms with E-state index in [1.165, 1.54) is 0 Å². The number of allylic oxidation sites excluding steroid dienone is 1. The fourth-order valence-electron chi connectivity index (χ4n) is 1.09. The summed E-state index contributed by atoms with van der Waals surface area (Å²) >= 11 is 0. The number of aliphatic imine (C=N–C) groups is 1. The van der Waals surface area contributed by atoms with E-state index in [1.54, 1.807) is 25.7 Å². The number of terminal acetylenes is 1. The zero-order valence-electron chi connectivity index (χ0n) is 12.2. The second-order valence-corrected chi connectivity index (χ2v) is 4.44. The van der Waals surface area contributed by atoms with Crippen LogP contribution in [0.2, 0.25) is 0 Å². The van der Waals surface area contributed by atoms with Crippen LogP contribution in [0.15, 0.2) is 16.7 Å². The molecular formula is C14H23FN2O. The minimum absolute atomic E-state index is 0.0222. The first-order valence-corrected chi connectivity index (χ1v) is 6.05. The number of rotatable bonds is 5. The molecule has 1 atom stereocenters. The fourth-order valence-corrected chi connectivity index (χ4v) is 1.09. The van der Waals surface area contributed by atoms with E-state index in [0.29, 0.717) is 18.9 Å². The van der Waals surface area contributed by atoms with Gasteiger partial charge in [0.15, 0.2) is 5.83 Å². The van der Waals surface area contributed by atoms with Gasteiger partial charge >= 0.3 is 0 Å². The maximum absolute atomic E-state index is 14.4. The molecule has 1 unspecified atom stereocenters. The number of nitrogens with zero attached hydrogens (tertiary/aromatic N) is 2. The lowest BCUT2D eigenvalue weighted by Crippen LogP contribution is -2.20. The van der Waals surface area contributed by atoms with Gasteiger partial charge in [-0.2, -0.15) is 4.99 Å². The molecule has 0 aliphatic heterocycles. The van der Waals surface area contributed by atoms with E-state index in [9.17, 15) is 4.39 Å². The van der Waals surface area contributed by atoms with Crippen LogP contribution >= 0.6 is 0 Å². The minimum Gasteiger partial charge on any atom is -0.476 e. The first-order chi connectivity index (χ1) is 8.32. The normalized spacial score (nSPS) is 16.4. The van der Waals surface area contributed by atoms with Crippen LogP contribution < -0.4 is 0 Å². The number of hydrogen-bond donors (Lipinski definition) is 0. The summed E-state index contributed by atoms with van der Waals surface area (Å²) < 4.78 is 19.7. The van der Waals surface area contributed by atoms with Gasteiger partial charge in [0.1, 0.15) is 5.84 Å². The van der Waals surface area contributed by atoms with Gasteiger partial charge in [-0.15, -0.1) is 6.42 Å². The lowest BCUT2D eigenvalue weighted by Gasteiger charge is -2.21. The van der Waals surface area contributed by atoms with Crippen LogP contribution in [0.25, 0.3) is 0 Å². The van der Waals surface area contributed by atoms with Crippen LogP contribution in [-0.4, -0.2) is 31.4 Å². The molecule has 0 radical (unpaired) electrons. The Morgan fingerprint density at radius 1 is 1.44 bits per heavy atom. The molecule has 0 aliphatic rings. The summed E-state index contributed by atoms with van der Waals surface area (Å²) in [6.07, 6.45) is 5.89. The zero-order chi connectivity index (χ0) is 14.3. The van der Waals surface area contributed by atoms with E-state index in [4.69, 9.17) is 11.2 Å². The molecule has 102 valence electrons. The molecule has 0 amide bonds. The van der Waals surface area contributed by atoms with Gasteiger partial charge in [-0.05, 0) is 27.2 Å². The third-order valence-corrected chi connectivity index (χ3v) is 2.89. The Balaban J connectivity index is 5.59. The van der Waals surface area contributed by atoms with Gasteiger partial charge in [0.25, 0.3) is 0 Å². The van der Waals surface area contributed by atoms with Crippen molar-refractivity contribution in [3.63, 3.8) is 0 Å². The molecule has 0 bridgehead atoms. The van der Waals surface area contributed by atoms with Crippen LogP contribution in [0, 0.1) is 17.8 Å². The summed E-state index contributed by atoms with van der Waals surface area (Å²) in [4.78, 5) is 5.94. The van der Waals surface area contributed by atoms with Crippen molar-refractivity contribution in [1.82, 2.24) is 4.90 Å². The van der Waals surface area contributed by atoms with Crippen LogP contribution in [0.1, 0.15) is 34.1 Å². The van der Waals surface area contributed by atoms with Crippen molar-refractivity contribution in [2.24, 2.45) is 10.4 Å². The Morgan fingerprint density at radius 3 is 2.33 bits per heavy atom. The number of amidine groups is 1. The lowest BCUT2D eigenvalue weighted by molar-refractivity contribution is 0.200. The molecule has 0 heterocycles. The highest BCUT2D eigenvalue weighted by Gasteiger charge is 2.29. The average Bonchev–Trinajstić information content (AvgIpc) is 2.36. The summed E-state index contributed by atoms with van der Waals surface area (Å²) in [5, 5.41) is 0. The SMILES string of the molecule is C#CC(C)(CC)/C(F)=C(\N=C(/C)N(C)C)OCC. The van der Waals surface area contributed by atoms with Crippen molar-refractivity contribution in [2.75, 3.05) is 20.7 Å². The van der Waals surface area contributed by atoms with Crippen LogP contribution in [-0.2, 0) is 4.74 Å². The van der Waals surface area contributed by atoms with Gasteiger partial charge in [0, 0.05) is 14.1 Å². The van der Waals surface area contributed by atoms with Crippen LogP contribution in [0.3, 0.4) is 0 Å². The first-order valence-electron chi connectivity index (χ1n) is 6.05. The largest absolute Gasteiger partial charge is 0.476 e. The molecule has 0 aromatic carbocycles. The van der Waals surface area contributed by atoms with Crippen LogP contribution in [0.4, 0.5) is 4.39 Å². The Labute approximate surface area is 110 Å². The summed E-state index contributed by atoms with van der Waals surface area (Å²) in [5.74, 6) is 2.62. The van der Waals surface area contributed by atoms with E-state index in [-0.39, 0.29) is 5.88 Å². The van der Waals surface area contributed by atoms with E-state index < -0.39 is 11.2 Å². The second kappa shape index (κ2) is 7.05. The topological polar surface area (TPSA) is 24.8 Å². The molecule has 0 saturated carbocycles. The highest BCUT2D eigenvalue weighted by Crippen LogP contribution is 2.34. The Hall–Kier alpha value is -1.50. The number of ether oxygens (including phenoxy) is 1. The first kappa shape index (κ1) is 16.5. The fraction of sp³-hybridized carbons (Fsp3) is 0.643. The third-order valence-electron chi connectivity index (χ3n) is 2.89. The summed E-state index contributed by atoms with van der Waals surface area (Å²) in [6, 6.07) is 0. The van der Waals surface area contributed by atoms with Gasteiger partial charge in [-0.25, -0.2) is 4.39 Å². The van der Waals surface area contributed by atoms with E-state index in [2.05, 4.69) is 10.9 Å². The number of halogens is 1. The second-order valence-electron chi connectivity index (χ2n) is 4.44. The van der Waals surface area contributed by atoms with Crippen molar-refractivity contribution in [2.45, 2.75) is 34.1 Å². The Morgan fingerprint density at radius 2 is 2.00 bits per heavy atom. The smallest absolute Gasteiger partial charge is 0.249 e. The van der Waals surface area contributed by atoms with Crippen molar-refractivity contribution in [1.29, 1.82) is 0 Å². The molecule has 18 heavy (non-hydrogen) atoms. The molecule has 0 saturated heterocycles. The zero-order valence-corrected chi connectivity index (χ0v) is 12.2. The molecular weight excluding hydrogens is 231 g/mol. The monoisotopic (exact) mass is 254 g/mol. The molecule has 3 nitrogen and oxygen atoms in total. The van der Waals surface area contributed by atoms with E-state index >= 15 is 0 Å². The number of hydrogen-bond acceptors (Lipinski definition) is 2. The van der Waals surface area contributed by atoms with Crippen molar-refractivity contribution in [3.8, 4) is 12.3 Å². The molecule has 0 spiro atoms. The summed E-state index contributed by atoms with van der Waals surface area (Å²) in [6.45, 7) is 7.42. The van der Waals surface area contributed by atoms with Crippen molar-refractivity contribution in [3.05, 3.63) is 11.7 Å². The highest BCUT2D eigenvalue weighted by molar-refractivity contribution is 5.80. The van der Waals surface area contributed by atoms with Gasteiger partial charge in [-0.3, -0.25) is 0 Å². The highest BCUT2D eigenvalue weighted by atomic mass is 19.1. The van der Waals surface area contributed by atoms with Gasteiger partial charge in [0.05, 0.1) is 12.0 Å². The molecule has 4 heteroatoms. The molecule has 0 N–H and O–H groups in total. The van der Waals surface area contributed by atoms with E-state index in [0.717, 1.165) is 0 Å². The Bertz CT molecular complexity index is 380.